The zero-order valence-electron chi connectivity index (χ0n) is 32.7. The van der Waals surface area contributed by atoms with Crippen LogP contribution in [0.5, 0.6) is 11.5 Å². The predicted molar refractivity (Wildman–Crippen MR) is 218 cm³/mol. The number of phenolic OH excluding ortho intramolecular Hbond substituents is 1. The first kappa shape index (κ1) is 38.1. The van der Waals surface area contributed by atoms with Crippen LogP contribution >= 0.6 is 0 Å². The molecule has 0 radical (unpaired) electrons. The van der Waals surface area contributed by atoms with E-state index < -0.39 is 12.0 Å². The number of amides is 1. The first-order valence-corrected chi connectivity index (χ1v) is 19.0. The van der Waals surface area contributed by atoms with Crippen LogP contribution in [0.4, 0.5) is 22.7 Å². The maximum Gasteiger partial charge on any atom is 0.308 e. The average Bonchev–Trinajstić information content (AvgIpc) is 3.37. The smallest absolute Gasteiger partial charge is 0.308 e. The molecule has 0 aromatic heterocycles. The monoisotopic (exact) mass is 752 g/mol. The molecule has 10 heteroatoms. The number of phenols is 1. The van der Waals surface area contributed by atoms with Gasteiger partial charge in [0.2, 0.25) is 5.91 Å². The van der Waals surface area contributed by atoms with Gasteiger partial charge in [0.1, 0.15) is 11.5 Å². The number of allylic oxidation sites excluding steroid dienone is 2. The molecule has 4 aromatic rings. The van der Waals surface area contributed by atoms with Crippen molar-refractivity contribution in [2.45, 2.75) is 79.3 Å². The summed E-state index contributed by atoms with van der Waals surface area (Å²) in [6.45, 7) is 11.3. The third kappa shape index (κ3) is 7.82. The van der Waals surface area contributed by atoms with E-state index in [1.165, 1.54) is 13.8 Å². The number of benzene rings is 4. The van der Waals surface area contributed by atoms with Crippen LogP contribution in [0.2, 0.25) is 0 Å². The molecule has 0 saturated heterocycles. The molecule has 10 nitrogen and oxygen atoms in total. The normalized spacial score (nSPS) is 20.5. The third-order valence-electron chi connectivity index (χ3n) is 10.6. The van der Waals surface area contributed by atoms with E-state index in [1.807, 2.05) is 72.8 Å². The Morgan fingerprint density at radius 3 is 1.79 bits per heavy atom. The molecular weight excluding hydrogens is 705 g/mol. The summed E-state index contributed by atoms with van der Waals surface area (Å²) in [4.78, 5) is 52.3. The second-order valence-corrected chi connectivity index (χ2v) is 16.6. The van der Waals surface area contributed by atoms with E-state index in [2.05, 4.69) is 43.6 Å². The molecule has 1 amide bonds. The Kier molecular flexibility index (Phi) is 10.1. The summed E-state index contributed by atoms with van der Waals surface area (Å²) in [7, 11) is 0. The molecule has 56 heavy (non-hydrogen) atoms. The van der Waals surface area contributed by atoms with Crippen molar-refractivity contribution >= 4 is 46.2 Å². The van der Waals surface area contributed by atoms with E-state index in [0.717, 1.165) is 57.3 Å². The quantitative estimate of drug-likeness (QED) is 0.119. The summed E-state index contributed by atoms with van der Waals surface area (Å²) >= 11 is 0. The average molecular weight is 753 g/mol. The number of hydrogen-bond donors (Lipinski definition) is 4. The van der Waals surface area contributed by atoms with E-state index in [9.17, 15) is 24.3 Å². The number of rotatable bonds is 3. The fourth-order valence-electron chi connectivity index (χ4n) is 8.34. The highest BCUT2D eigenvalue weighted by atomic mass is 16.5. The summed E-state index contributed by atoms with van der Waals surface area (Å²) in [6, 6.07) is 28.9. The second-order valence-electron chi connectivity index (χ2n) is 16.6. The van der Waals surface area contributed by atoms with Crippen LogP contribution < -0.4 is 25.6 Å². The molecule has 4 N–H and O–H groups in total. The Bertz CT molecular complexity index is 2290. The third-order valence-corrected chi connectivity index (χ3v) is 10.6. The fourth-order valence-corrected chi connectivity index (χ4v) is 8.34. The fraction of sp³-hybridized carbons (Fsp3) is 0.304. The van der Waals surface area contributed by atoms with E-state index >= 15 is 0 Å². The number of hydrogen-bond acceptors (Lipinski definition) is 9. The Morgan fingerprint density at radius 2 is 1.18 bits per heavy atom. The SMILES string of the molecule is CC(=O)Oc1ccc(C2C3=C(CC(C)(C)CC3=O)Nc3ccccc3N2C(C)=O)cc1.CC1(C)CC(=O)C2=C(C1)Nc1ccccc1NC2c1ccc(O)cc1. The van der Waals surface area contributed by atoms with Crippen LogP contribution in [0, 0.1) is 10.8 Å². The number of nitrogens with one attached hydrogen (secondary N) is 3. The highest BCUT2D eigenvalue weighted by Gasteiger charge is 2.43. The summed E-state index contributed by atoms with van der Waals surface area (Å²) in [5.41, 5.74) is 8.29. The van der Waals surface area contributed by atoms with Gasteiger partial charge >= 0.3 is 5.97 Å². The highest BCUT2D eigenvalue weighted by Crippen LogP contribution is 2.49. The Balaban J connectivity index is 0.000000175. The minimum atomic E-state index is -0.571. The zero-order chi connectivity index (χ0) is 39.9. The molecule has 2 aliphatic heterocycles. The van der Waals surface area contributed by atoms with Gasteiger partial charge in [-0.15, -0.1) is 0 Å². The molecular formula is C46H48N4O6. The topological polar surface area (TPSA) is 137 Å². The molecule has 0 saturated carbocycles. The van der Waals surface area contributed by atoms with Crippen molar-refractivity contribution in [1.82, 2.24) is 0 Å². The zero-order valence-corrected chi connectivity index (χ0v) is 32.7. The van der Waals surface area contributed by atoms with Crippen molar-refractivity contribution in [3.05, 3.63) is 131 Å². The van der Waals surface area contributed by atoms with E-state index in [0.29, 0.717) is 30.6 Å². The maximum absolute atomic E-state index is 13.4. The first-order chi connectivity index (χ1) is 26.6. The van der Waals surface area contributed by atoms with Gasteiger partial charge in [0, 0.05) is 49.2 Å². The van der Waals surface area contributed by atoms with Crippen LogP contribution in [0.1, 0.15) is 90.4 Å². The van der Waals surface area contributed by atoms with Crippen molar-refractivity contribution in [2.75, 3.05) is 20.9 Å². The highest BCUT2D eigenvalue weighted by molar-refractivity contribution is 6.06. The molecule has 4 aromatic carbocycles. The molecule has 4 aliphatic rings. The molecule has 2 unspecified atom stereocenters. The number of para-hydroxylation sites is 4. The molecule has 2 aliphatic carbocycles. The van der Waals surface area contributed by atoms with E-state index in [1.54, 1.807) is 29.2 Å². The van der Waals surface area contributed by atoms with Crippen LogP contribution in [-0.2, 0) is 19.2 Å². The van der Waals surface area contributed by atoms with Crippen molar-refractivity contribution in [1.29, 1.82) is 0 Å². The Morgan fingerprint density at radius 1 is 0.661 bits per heavy atom. The van der Waals surface area contributed by atoms with Crippen LogP contribution in [-0.4, -0.2) is 28.5 Å². The van der Waals surface area contributed by atoms with Gasteiger partial charge in [0.15, 0.2) is 11.6 Å². The van der Waals surface area contributed by atoms with Gasteiger partial charge in [-0.1, -0.05) is 76.2 Å². The minimum absolute atomic E-state index is 0.0341. The predicted octanol–water partition coefficient (Wildman–Crippen LogP) is 9.39. The first-order valence-electron chi connectivity index (χ1n) is 19.0. The molecule has 2 atom stereocenters. The molecule has 0 bridgehead atoms. The summed E-state index contributed by atoms with van der Waals surface area (Å²) < 4.78 is 5.16. The van der Waals surface area contributed by atoms with Crippen LogP contribution in [0.15, 0.2) is 120 Å². The number of anilines is 4. The lowest BCUT2D eigenvalue weighted by molar-refractivity contribution is -0.132. The van der Waals surface area contributed by atoms with Crippen molar-refractivity contribution in [2.24, 2.45) is 10.8 Å². The van der Waals surface area contributed by atoms with Crippen LogP contribution in [0.3, 0.4) is 0 Å². The summed E-state index contributed by atoms with van der Waals surface area (Å²) in [5.74, 6) is 0.295. The van der Waals surface area contributed by atoms with Crippen molar-refractivity contribution in [3.8, 4) is 11.5 Å². The van der Waals surface area contributed by atoms with Crippen LogP contribution in [0.25, 0.3) is 0 Å². The number of aromatic hydroxyl groups is 1. The number of esters is 1. The van der Waals surface area contributed by atoms with Gasteiger partial charge < -0.3 is 25.8 Å². The van der Waals surface area contributed by atoms with Gasteiger partial charge in [0.25, 0.3) is 0 Å². The van der Waals surface area contributed by atoms with Gasteiger partial charge in [-0.05, 0) is 83.3 Å². The molecule has 288 valence electrons. The maximum atomic E-state index is 13.4. The van der Waals surface area contributed by atoms with Crippen molar-refractivity contribution < 1.29 is 29.0 Å². The van der Waals surface area contributed by atoms with Crippen molar-refractivity contribution in [3.63, 3.8) is 0 Å². The Hall–Kier alpha value is -6.16. The van der Waals surface area contributed by atoms with Gasteiger partial charge in [-0.2, -0.15) is 0 Å². The van der Waals surface area contributed by atoms with E-state index in [4.69, 9.17) is 4.74 Å². The molecule has 0 spiro atoms. The Labute approximate surface area is 327 Å². The second kappa shape index (κ2) is 14.8. The standard InChI is InChI=1S/C25H26N2O4.C21H22N2O2/c1-15(28)27-21-8-6-5-7-19(21)26-20-13-25(3,4)14-22(30)23(20)24(27)17-9-11-18(12-10-17)31-16(2)29;1-21(2)11-17-19(18(25)12-21)20(13-7-9-14(24)10-8-13)23-16-6-4-3-5-15(16)22-17/h5-12,24,26H,13-14H2,1-4H3;3-10,20,22-24H,11-12H2,1-2H3. The lowest BCUT2D eigenvalue weighted by Crippen LogP contribution is -2.38. The summed E-state index contributed by atoms with van der Waals surface area (Å²) in [5, 5.41) is 20.1. The number of nitrogens with zero attached hydrogens (tertiary/aromatic N) is 1. The number of Topliss-reactive ketones (excluding diaryl/α,β-unsaturated/α-hetero) is 2. The summed E-state index contributed by atoms with van der Waals surface area (Å²) in [6.07, 6.45) is 2.49. The minimum Gasteiger partial charge on any atom is -0.508 e. The number of ketones is 2. The number of carbonyl (C=O) groups is 4. The lowest BCUT2D eigenvalue weighted by atomic mass is 9.73. The van der Waals surface area contributed by atoms with E-state index in [-0.39, 0.29) is 40.1 Å². The number of carbonyl (C=O) groups excluding carboxylic acids is 4. The van der Waals surface area contributed by atoms with Gasteiger partial charge in [0.05, 0.1) is 34.8 Å². The van der Waals surface area contributed by atoms with Gasteiger partial charge in [-0.25, -0.2) is 0 Å². The largest absolute Gasteiger partial charge is 0.508 e. The van der Waals surface area contributed by atoms with Gasteiger partial charge in [-0.3, -0.25) is 24.1 Å². The number of fused-ring (bicyclic) bond motifs is 2. The molecule has 0 fully saturated rings. The molecule has 8 rings (SSSR count). The number of ether oxygens (including phenoxy) is 1. The lowest BCUT2D eigenvalue weighted by Gasteiger charge is -2.36. The molecule has 2 heterocycles.